The Morgan fingerprint density at radius 3 is 3.05 bits per heavy atom. The minimum Gasteiger partial charge on any atom is -0.396 e. The minimum atomic E-state index is -0.228. The number of aliphatic hydroxyl groups is 1. The van der Waals surface area contributed by atoms with Gasteiger partial charge in [-0.1, -0.05) is 30.7 Å². The molecule has 0 aliphatic carbocycles. The molecular weight excluding hydrogens is 278 g/mol. The Labute approximate surface area is 122 Å². The van der Waals surface area contributed by atoms with E-state index >= 15 is 0 Å². The normalized spacial score (nSPS) is 12.2. The standard InChI is InChI=1S/C14H16ClN3O2/c1-9(8-19)6-16-14(20)12-7-17-18-13(12)10-3-2-4-11(15)5-10/h2-5,7,9,19H,6,8H2,1H3,(H,16,20)(H,17,18). The summed E-state index contributed by atoms with van der Waals surface area (Å²) in [5.41, 5.74) is 1.88. The summed E-state index contributed by atoms with van der Waals surface area (Å²) in [6, 6.07) is 7.20. The molecule has 6 heteroatoms. The van der Waals surface area contributed by atoms with Crippen LogP contribution >= 0.6 is 11.6 Å². The molecule has 0 aliphatic heterocycles. The van der Waals surface area contributed by atoms with E-state index in [0.717, 1.165) is 5.56 Å². The van der Waals surface area contributed by atoms with Gasteiger partial charge in [-0.2, -0.15) is 5.10 Å². The number of carbonyl (C=O) groups excluding carboxylic acids is 1. The Morgan fingerprint density at radius 1 is 1.55 bits per heavy atom. The molecule has 1 aromatic heterocycles. The fourth-order valence-electron chi connectivity index (χ4n) is 1.75. The molecule has 0 radical (unpaired) electrons. The lowest BCUT2D eigenvalue weighted by Crippen LogP contribution is -2.29. The second-order valence-corrected chi connectivity index (χ2v) is 5.10. The zero-order chi connectivity index (χ0) is 14.5. The monoisotopic (exact) mass is 293 g/mol. The molecule has 20 heavy (non-hydrogen) atoms. The molecule has 0 saturated carbocycles. The molecule has 1 amide bonds. The lowest BCUT2D eigenvalue weighted by Gasteiger charge is -2.09. The molecule has 1 unspecified atom stereocenters. The lowest BCUT2D eigenvalue weighted by molar-refractivity contribution is 0.0943. The Kier molecular flexibility index (Phi) is 4.76. The summed E-state index contributed by atoms with van der Waals surface area (Å²) < 4.78 is 0. The molecular formula is C14H16ClN3O2. The van der Waals surface area contributed by atoms with Crippen LogP contribution in [0, 0.1) is 5.92 Å². The Bertz CT molecular complexity index is 598. The molecule has 0 fully saturated rings. The van der Waals surface area contributed by atoms with Crippen molar-refractivity contribution in [1.82, 2.24) is 15.5 Å². The third-order valence-electron chi connectivity index (χ3n) is 2.92. The zero-order valence-corrected chi connectivity index (χ0v) is 11.8. The molecule has 0 saturated heterocycles. The van der Waals surface area contributed by atoms with Gasteiger partial charge in [0.2, 0.25) is 0 Å². The summed E-state index contributed by atoms with van der Waals surface area (Å²) in [5.74, 6) is -0.213. The van der Waals surface area contributed by atoms with Crippen LogP contribution < -0.4 is 5.32 Å². The van der Waals surface area contributed by atoms with Gasteiger partial charge in [0.05, 0.1) is 17.5 Å². The number of nitrogens with one attached hydrogen (secondary N) is 2. The Balaban J connectivity index is 2.18. The summed E-state index contributed by atoms with van der Waals surface area (Å²) in [4.78, 5) is 12.1. The molecule has 1 heterocycles. The van der Waals surface area contributed by atoms with Gasteiger partial charge in [-0.05, 0) is 18.1 Å². The number of nitrogens with zero attached hydrogens (tertiary/aromatic N) is 1. The van der Waals surface area contributed by atoms with Crippen LogP contribution in [0.2, 0.25) is 5.02 Å². The number of benzene rings is 1. The number of hydrogen-bond donors (Lipinski definition) is 3. The highest BCUT2D eigenvalue weighted by Crippen LogP contribution is 2.23. The molecule has 2 rings (SSSR count). The number of amides is 1. The first kappa shape index (κ1) is 14.6. The topological polar surface area (TPSA) is 78.0 Å². The molecule has 0 spiro atoms. The van der Waals surface area contributed by atoms with Crippen molar-refractivity contribution in [2.45, 2.75) is 6.92 Å². The van der Waals surface area contributed by atoms with Gasteiger partial charge in [-0.15, -0.1) is 0 Å². The van der Waals surface area contributed by atoms with Crippen LogP contribution in [-0.4, -0.2) is 34.4 Å². The van der Waals surface area contributed by atoms with Gasteiger partial charge in [0.25, 0.3) is 5.91 Å². The van der Waals surface area contributed by atoms with E-state index in [-0.39, 0.29) is 18.4 Å². The van der Waals surface area contributed by atoms with Crippen LogP contribution in [0.15, 0.2) is 30.5 Å². The third kappa shape index (κ3) is 3.37. The number of halogens is 1. The van der Waals surface area contributed by atoms with E-state index in [4.69, 9.17) is 16.7 Å². The van der Waals surface area contributed by atoms with Gasteiger partial charge in [-0.3, -0.25) is 9.89 Å². The van der Waals surface area contributed by atoms with Crippen molar-refractivity contribution in [1.29, 1.82) is 0 Å². The fourth-order valence-corrected chi connectivity index (χ4v) is 1.94. The molecule has 0 aliphatic rings. The molecule has 5 nitrogen and oxygen atoms in total. The summed E-state index contributed by atoms with van der Waals surface area (Å²) >= 11 is 5.95. The average Bonchev–Trinajstić information content (AvgIpc) is 2.93. The van der Waals surface area contributed by atoms with Crippen LogP contribution in [-0.2, 0) is 0 Å². The highest BCUT2D eigenvalue weighted by atomic mass is 35.5. The van der Waals surface area contributed by atoms with Crippen molar-refractivity contribution in [3.8, 4) is 11.3 Å². The highest BCUT2D eigenvalue weighted by molar-refractivity contribution is 6.30. The van der Waals surface area contributed by atoms with Crippen LogP contribution in [0.4, 0.5) is 0 Å². The van der Waals surface area contributed by atoms with Crippen LogP contribution in [0.1, 0.15) is 17.3 Å². The largest absolute Gasteiger partial charge is 0.396 e. The predicted octanol–water partition coefficient (Wildman–Crippen LogP) is 2.09. The number of hydrogen-bond acceptors (Lipinski definition) is 3. The van der Waals surface area contributed by atoms with E-state index in [1.807, 2.05) is 19.1 Å². The SMILES string of the molecule is CC(CO)CNC(=O)c1cn[nH]c1-c1cccc(Cl)c1. The second kappa shape index (κ2) is 6.54. The van der Waals surface area contributed by atoms with Gasteiger partial charge < -0.3 is 10.4 Å². The zero-order valence-electron chi connectivity index (χ0n) is 11.1. The first-order valence-electron chi connectivity index (χ1n) is 6.30. The van der Waals surface area contributed by atoms with Gasteiger partial charge >= 0.3 is 0 Å². The van der Waals surface area contributed by atoms with Gasteiger partial charge in [0.15, 0.2) is 0 Å². The summed E-state index contributed by atoms with van der Waals surface area (Å²) in [7, 11) is 0. The maximum Gasteiger partial charge on any atom is 0.255 e. The van der Waals surface area contributed by atoms with E-state index in [0.29, 0.717) is 22.8 Å². The highest BCUT2D eigenvalue weighted by Gasteiger charge is 2.15. The smallest absolute Gasteiger partial charge is 0.255 e. The van der Waals surface area contributed by atoms with E-state index in [9.17, 15) is 4.79 Å². The van der Waals surface area contributed by atoms with E-state index in [1.54, 1.807) is 12.1 Å². The van der Waals surface area contributed by atoms with Crippen molar-refractivity contribution in [3.63, 3.8) is 0 Å². The van der Waals surface area contributed by atoms with Crippen molar-refractivity contribution in [2.24, 2.45) is 5.92 Å². The van der Waals surface area contributed by atoms with Gasteiger partial charge in [0, 0.05) is 23.7 Å². The molecule has 3 N–H and O–H groups in total. The molecule has 1 aromatic carbocycles. The van der Waals surface area contributed by atoms with Crippen molar-refractivity contribution in [3.05, 3.63) is 41.0 Å². The first-order valence-corrected chi connectivity index (χ1v) is 6.68. The second-order valence-electron chi connectivity index (χ2n) is 4.67. The Morgan fingerprint density at radius 2 is 2.35 bits per heavy atom. The quantitative estimate of drug-likeness (QED) is 0.790. The average molecular weight is 294 g/mol. The molecule has 106 valence electrons. The van der Waals surface area contributed by atoms with Crippen LogP contribution in [0.5, 0.6) is 0 Å². The van der Waals surface area contributed by atoms with E-state index in [2.05, 4.69) is 15.5 Å². The summed E-state index contributed by atoms with van der Waals surface area (Å²) in [6.45, 7) is 2.30. The molecule has 0 bridgehead atoms. The third-order valence-corrected chi connectivity index (χ3v) is 3.16. The van der Waals surface area contributed by atoms with E-state index in [1.165, 1.54) is 6.20 Å². The fraction of sp³-hybridized carbons (Fsp3) is 0.286. The number of aromatic amines is 1. The number of rotatable bonds is 5. The van der Waals surface area contributed by atoms with E-state index < -0.39 is 0 Å². The summed E-state index contributed by atoms with van der Waals surface area (Å²) in [6.07, 6.45) is 1.48. The minimum absolute atomic E-state index is 0.0143. The number of carbonyl (C=O) groups is 1. The maximum atomic E-state index is 12.1. The van der Waals surface area contributed by atoms with Crippen molar-refractivity contribution >= 4 is 17.5 Å². The lowest BCUT2D eigenvalue weighted by atomic mass is 10.1. The predicted molar refractivity (Wildman–Crippen MR) is 77.6 cm³/mol. The van der Waals surface area contributed by atoms with Crippen molar-refractivity contribution in [2.75, 3.05) is 13.2 Å². The molecule has 2 aromatic rings. The van der Waals surface area contributed by atoms with Gasteiger partial charge in [-0.25, -0.2) is 0 Å². The maximum absolute atomic E-state index is 12.1. The first-order chi connectivity index (χ1) is 9.61. The van der Waals surface area contributed by atoms with Gasteiger partial charge in [0.1, 0.15) is 0 Å². The molecule has 1 atom stereocenters. The summed E-state index contributed by atoms with van der Waals surface area (Å²) in [5, 5.41) is 19.1. The van der Waals surface area contributed by atoms with Crippen LogP contribution in [0.25, 0.3) is 11.3 Å². The Hall–Kier alpha value is -1.85. The number of aliphatic hydroxyl groups excluding tert-OH is 1. The number of H-pyrrole nitrogens is 1. The number of aromatic nitrogens is 2. The van der Waals surface area contributed by atoms with Crippen LogP contribution in [0.3, 0.4) is 0 Å². The van der Waals surface area contributed by atoms with Crippen molar-refractivity contribution < 1.29 is 9.90 Å².